The summed E-state index contributed by atoms with van der Waals surface area (Å²) in [5.41, 5.74) is 2.52. The molecule has 12 heavy (non-hydrogen) atoms. The van der Waals surface area contributed by atoms with Crippen molar-refractivity contribution in [1.82, 2.24) is 0 Å². The smallest absolute Gasteiger partial charge is 0.104 e. The van der Waals surface area contributed by atoms with Crippen molar-refractivity contribution >= 4 is 0 Å². The molecule has 0 spiro atoms. The van der Waals surface area contributed by atoms with Crippen LogP contribution in [0.15, 0.2) is 24.3 Å². The van der Waals surface area contributed by atoms with Crippen LogP contribution < -0.4 is 17.0 Å². The molecule has 1 fully saturated rings. The van der Waals surface area contributed by atoms with Gasteiger partial charge >= 0.3 is 0 Å². The monoisotopic (exact) mass is 231 g/mol. The largest absolute Gasteiger partial charge is 1.00 e. The van der Waals surface area contributed by atoms with Gasteiger partial charge < -0.3 is 21.5 Å². The maximum atomic E-state index is 4.01. The van der Waals surface area contributed by atoms with E-state index >= 15 is 0 Å². The van der Waals surface area contributed by atoms with Crippen LogP contribution in [0.3, 0.4) is 0 Å². The Balaban J connectivity index is 0.00000121. The van der Waals surface area contributed by atoms with Crippen LogP contribution >= 0.6 is 0 Å². The molecule has 0 unspecified atom stereocenters. The normalized spacial score (nSPS) is 20.8. The summed E-state index contributed by atoms with van der Waals surface area (Å²) >= 11 is 0. The predicted molar refractivity (Wildman–Crippen MR) is 49.4 cm³/mol. The standard InChI is InChI=1S/C10H18N.BrH/c1-5-11(6-2)7-9(3)10(4)8-11;/h3-8H2,1-2H3;1H/q+1;/p-1. The molecular formula is C10H18BrN. The molecule has 2 heteroatoms. The van der Waals surface area contributed by atoms with Gasteiger partial charge in [-0.25, -0.2) is 0 Å². The Labute approximate surface area is 86.1 Å². The first-order valence-electron chi connectivity index (χ1n) is 4.34. The Kier molecular flexibility index (Phi) is 4.21. The molecule has 1 rings (SSSR count). The summed E-state index contributed by atoms with van der Waals surface area (Å²) in [6.07, 6.45) is 0. The number of likely N-dealkylation sites (tertiary alicyclic amines) is 1. The molecule has 0 N–H and O–H groups in total. The molecule has 0 aromatic rings. The Morgan fingerprint density at radius 2 is 1.42 bits per heavy atom. The van der Waals surface area contributed by atoms with Crippen LogP contribution in [-0.4, -0.2) is 30.7 Å². The number of hydrogen-bond donors (Lipinski definition) is 0. The number of rotatable bonds is 2. The Hall–Kier alpha value is -0.0800. The molecule has 0 aliphatic carbocycles. The van der Waals surface area contributed by atoms with E-state index in [1.165, 1.54) is 24.2 Å². The van der Waals surface area contributed by atoms with Gasteiger partial charge in [0.05, 0.1) is 13.1 Å². The topological polar surface area (TPSA) is 0 Å². The van der Waals surface area contributed by atoms with E-state index < -0.39 is 0 Å². The van der Waals surface area contributed by atoms with Crippen molar-refractivity contribution in [3.63, 3.8) is 0 Å². The van der Waals surface area contributed by atoms with Crippen LogP contribution in [0.25, 0.3) is 0 Å². The molecule has 1 nitrogen and oxygen atoms in total. The molecule has 70 valence electrons. The Morgan fingerprint density at radius 3 is 1.58 bits per heavy atom. The molecule has 1 aliphatic rings. The zero-order chi connectivity index (χ0) is 8.48. The van der Waals surface area contributed by atoms with Crippen molar-refractivity contribution in [3.8, 4) is 0 Å². The number of halogens is 1. The van der Waals surface area contributed by atoms with E-state index in [1.54, 1.807) is 0 Å². The van der Waals surface area contributed by atoms with Gasteiger partial charge in [0.1, 0.15) is 13.1 Å². The zero-order valence-electron chi connectivity index (χ0n) is 8.07. The summed E-state index contributed by atoms with van der Waals surface area (Å²) in [6, 6.07) is 0. The average Bonchev–Trinajstić information content (AvgIpc) is 2.29. The van der Waals surface area contributed by atoms with Crippen LogP contribution in [0.2, 0.25) is 0 Å². The molecule has 1 aliphatic heterocycles. The minimum atomic E-state index is 0. The summed E-state index contributed by atoms with van der Waals surface area (Å²) in [7, 11) is 0. The molecule has 0 atom stereocenters. The number of hydrogen-bond acceptors (Lipinski definition) is 0. The second kappa shape index (κ2) is 4.24. The quantitative estimate of drug-likeness (QED) is 0.534. The lowest BCUT2D eigenvalue weighted by Gasteiger charge is -2.30. The maximum absolute atomic E-state index is 4.01. The molecule has 0 aromatic carbocycles. The summed E-state index contributed by atoms with van der Waals surface area (Å²) in [5, 5.41) is 0. The lowest BCUT2D eigenvalue weighted by molar-refractivity contribution is -0.908. The van der Waals surface area contributed by atoms with Crippen molar-refractivity contribution in [3.05, 3.63) is 24.3 Å². The first kappa shape index (κ1) is 11.9. The third-order valence-electron chi connectivity index (χ3n) is 2.89. The molecule has 1 heterocycles. The molecule has 1 saturated heterocycles. The van der Waals surface area contributed by atoms with Crippen molar-refractivity contribution in [1.29, 1.82) is 0 Å². The number of quaternary nitrogens is 1. The van der Waals surface area contributed by atoms with Gasteiger partial charge in [-0.1, -0.05) is 13.2 Å². The molecule has 0 radical (unpaired) electrons. The van der Waals surface area contributed by atoms with Crippen LogP contribution in [0.5, 0.6) is 0 Å². The van der Waals surface area contributed by atoms with Gasteiger partial charge in [0.15, 0.2) is 0 Å². The highest BCUT2D eigenvalue weighted by molar-refractivity contribution is 5.29. The summed E-state index contributed by atoms with van der Waals surface area (Å²) in [6.45, 7) is 17.2. The molecule has 0 aromatic heterocycles. The fourth-order valence-corrected chi connectivity index (χ4v) is 1.76. The highest BCUT2D eigenvalue weighted by Gasteiger charge is 2.32. The minimum Gasteiger partial charge on any atom is -1.00 e. The minimum absolute atomic E-state index is 0. The molecule has 0 bridgehead atoms. The van der Waals surface area contributed by atoms with Gasteiger partial charge in [-0.05, 0) is 13.8 Å². The van der Waals surface area contributed by atoms with E-state index in [0.29, 0.717) is 0 Å². The fraction of sp³-hybridized carbons (Fsp3) is 0.600. The highest BCUT2D eigenvalue weighted by atomic mass is 79.9. The first-order chi connectivity index (χ1) is 5.13. The summed E-state index contributed by atoms with van der Waals surface area (Å²) in [5.74, 6) is 0. The molecular weight excluding hydrogens is 214 g/mol. The van der Waals surface area contributed by atoms with E-state index in [-0.39, 0.29) is 17.0 Å². The SMILES string of the molecule is C=C1C[N+](CC)(CC)CC1=C.[Br-]. The zero-order valence-corrected chi connectivity index (χ0v) is 9.65. The third kappa shape index (κ3) is 1.99. The van der Waals surface area contributed by atoms with Gasteiger partial charge in [0.25, 0.3) is 0 Å². The van der Waals surface area contributed by atoms with Crippen LogP contribution in [0.1, 0.15) is 13.8 Å². The summed E-state index contributed by atoms with van der Waals surface area (Å²) < 4.78 is 1.16. The maximum Gasteiger partial charge on any atom is 0.104 e. The summed E-state index contributed by atoms with van der Waals surface area (Å²) in [4.78, 5) is 0. The van der Waals surface area contributed by atoms with Crippen molar-refractivity contribution < 1.29 is 21.5 Å². The van der Waals surface area contributed by atoms with Crippen LogP contribution in [0, 0.1) is 0 Å². The second-order valence-electron chi connectivity index (χ2n) is 3.50. The van der Waals surface area contributed by atoms with Gasteiger partial charge in [0, 0.05) is 11.1 Å². The van der Waals surface area contributed by atoms with Crippen LogP contribution in [0.4, 0.5) is 0 Å². The van der Waals surface area contributed by atoms with E-state index in [1.807, 2.05) is 0 Å². The third-order valence-corrected chi connectivity index (χ3v) is 2.89. The lowest BCUT2D eigenvalue weighted by atomic mass is 10.2. The van der Waals surface area contributed by atoms with Gasteiger partial charge in [-0.2, -0.15) is 0 Å². The van der Waals surface area contributed by atoms with E-state index in [2.05, 4.69) is 27.0 Å². The fourth-order valence-electron chi connectivity index (χ4n) is 1.76. The average molecular weight is 232 g/mol. The number of likely N-dealkylation sites (N-methyl/N-ethyl adjacent to an activating group) is 1. The van der Waals surface area contributed by atoms with E-state index in [9.17, 15) is 0 Å². The Bertz CT molecular complexity index is 174. The van der Waals surface area contributed by atoms with Crippen molar-refractivity contribution in [2.24, 2.45) is 0 Å². The first-order valence-corrected chi connectivity index (χ1v) is 4.34. The molecule has 0 saturated carbocycles. The van der Waals surface area contributed by atoms with Gasteiger partial charge in [0.2, 0.25) is 0 Å². The highest BCUT2D eigenvalue weighted by Crippen LogP contribution is 2.25. The van der Waals surface area contributed by atoms with E-state index in [0.717, 1.165) is 17.6 Å². The predicted octanol–water partition coefficient (Wildman–Crippen LogP) is -1.03. The molecule has 0 amide bonds. The lowest BCUT2D eigenvalue weighted by Crippen LogP contribution is -3.00. The van der Waals surface area contributed by atoms with Gasteiger partial charge in [-0.15, -0.1) is 0 Å². The van der Waals surface area contributed by atoms with Gasteiger partial charge in [-0.3, -0.25) is 0 Å². The number of nitrogens with zero attached hydrogens (tertiary/aromatic N) is 1. The van der Waals surface area contributed by atoms with Crippen LogP contribution in [-0.2, 0) is 0 Å². The van der Waals surface area contributed by atoms with E-state index in [4.69, 9.17) is 0 Å². The van der Waals surface area contributed by atoms with Crippen molar-refractivity contribution in [2.45, 2.75) is 13.8 Å². The Morgan fingerprint density at radius 1 is 1.08 bits per heavy atom. The van der Waals surface area contributed by atoms with Crippen molar-refractivity contribution in [2.75, 3.05) is 26.2 Å². The second-order valence-corrected chi connectivity index (χ2v) is 3.50.